The van der Waals surface area contributed by atoms with Crippen molar-refractivity contribution >= 4 is 23.2 Å². The average Bonchev–Trinajstić information content (AvgIpc) is 2.90. The molecule has 2 aromatic carbocycles. The van der Waals surface area contributed by atoms with Crippen molar-refractivity contribution in [3.63, 3.8) is 0 Å². The molecule has 0 aliphatic carbocycles. The maximum absolute atomic E-state index is 12.5. The van der Waals surface area contributed by atoms with E-state index in [2.05, 4.69) is 43.3 Å². The van der Waals surface area contributed by atoms with E-state index in [1.165, 1.54) is 16.7 Å². The van der Waals surface area contributed by atoms with Crippen molar-refractivity contribution in [2.45, 2.75) is 20.8 Å². The Hall–Kier alpha value is -2.59. The van der Waals surface area contributed by atoms with Crippen molar-refractivity contribution in [3.05, 3.63) is 69.9 Å². The van der Waals surface area contributed by atoms with Gasteiger partial charge in [-0.2, -0.15) is 5.10 Å². The molecular formula is C20H20ClN3O. The molecule has 0 saturated heterocycles. The Balaban J connectivity index is 1.92. The summed E-state index contributed by atoms with van der Waals surface area (Å²) in [4.78, 5) is 12.5. The molecule has 0 aliphatic heterocycles. The lowest BCUT2D eigenvalue weighted by Gasteiger charge is -2.11. The first-order valence-corrected chi connectivity index (χ1v) is 8.42. The average molecular weight is 354 g/mol. The van der Waals surface area contributed by atoms with Crippen LogP contribution in [0.5, 0.6) is 0 Å². The van der Waals surface area contributed by atoms with Gasteiger partial charge in [-0.05, 0) is 62.2 Å². The van der Waals surface area contributed by atoms with E-state index < -0.39 is 0 Å². The van der Waals surface area contributed by atoms with Crippen LogP contribution in [-0.2, 0) is 7.05 Å². The molecule has 1 amide bonds. The number of aryl methyl sites for hydroxylation is 4. The van der Waals surface area contributed by atoms with Gasteiger partial charge in [0.15, 0.2) is 5.69 Å². The van der Waals surface area contributed by atoms with E-state index in [0.29, 0.717) is 16.4 Å². The Morgan fingerprint density at radius 3 is 2.24 bits per heavy atom. The lowest BCUT2D eigenvalue weighted by Crippen LogP contribution is -2.12. The standard InChI is InChI=1S/C20H20ClN3O/c1-12-9-13(2)19(14(3)10-12)18-11-17(23-24(18)4)20(25)22-16-7-5-15(21)6-8-16/h5-11H,1-4H3,(H,22,25). The molecule has 0 aliphatic rings. The first kappa shape index (κ1) is 17.2. The molecule has 1 aromatic heterocycles. The summed E-state index contributed by atoms with van der Waals surface area (Å²) < 4.78 is 1.75. The molecular weight excluding hydrogens is 334 g/mol. The van der Waals surface area contributed by atoms with Gasteiger partial charge in [-0.15, -0.1) is 0 Å². The first-order chi connectivity index (χ1) is 11.8. The zero-order valence-electron chi connectivity index (χ0n) is 14.7. The van der Waals surface area contributed by atoms with Crippen LogP contribution in [0.3, 0.4) is 0 Å². The van der Waals surface area contributed by atoms with Crippen LogP contribution in [0.15, 0.2) is 42.5 Å². The molecule has 0 spiro atoms. The van der Waals surface area contributed by atoms with Crippen LogP contribution in [0.1, 0.15) is 27.2 Å². The number of hydrogen-bond donors (Lipinski definition) is 1. The Morgan fingerprint density at radius 2 is 1.64 bits per heavy atom. The lowest BCUT2D eigenvalue weighted by molar-refractivity contribution is 0.102. The lowest BCUT2D eigenvalue weighted by atomic mass is 9.97. The normalized spacial score (nSPS) is 10.8. The minimum absolute atomic E-state index is 0.244. The molecule has 0 fully saturated rings. The maximum Gasteiger partial charge on any atom is 0.276 e. The molecule has 0 atom stereocenters. The minimum Gasteiger partial charge on any atom is -0.321 e. The molecule has 1 heterocycles. The largest absolute Gasteiger partial charge is 0.321 e. The second-order valence-corrected chi connectivity index (χ2v) is 6.71. The second kappa shape index (κ2) is 6.73. The summed E-state index contributed by atoms with van der Waals surface area (Å²) in [7, 11) is 1.85. The molecule has 3 rings (SSSR count). The number of anilines is 1. The highest BCUT2D eigenvalue weighted by molar-refractivity contribution is 6.30. The third-order valence-corrected chi connectivity index (χ3v) is 4.40. The number of halogens is 1. The van der Waals surface area contributed by atoms with Gasteiger partial charge in [-0.3, -0.25) is 9.48 Å². The van der Waals surface area contributed by atoms with E-state index in [9.17, 15) is 4.79 Å². The quantitative estimate of drug-likeness (QED) is 0.726. The highest BCUT2D eigenvalue weighted by atomic mass is 35.5. The summed E-state index contributed by atoms with van der Waals surface area (Å²) in [6.07, 6.45) is 0. The van der Waals surface area contributed by atoms with Gasteiger partial charge >= 0.3 is 0 Å². The Kier molecular flexibility index (Phi) is 4.64. The van der Waals surface area contributed by atoms with Gasteiger partial charge in [0.25, 0.3) is 5.91 Å². The van der Waals surface area contributed by atoms with E-state index in [1.807, 2.05) is 13.1 Å². The van der Waals surface area contributed by atoms with Crippen LogP contribution < -0.4 is 5.32 Å². The summed E-state index contributed by atoms with van der Waals surface area (Å²) in [6.45, 7) is 6.24. The van der Waals surface area contributed by atoms with Crippen molar-refractivity contribution in [1.29, 1.82) is 0 Å². The van der Waals surface area contributed by atoms with Crippen LogP contribution in [-0.4, -0.2) is 15.7 Å². The number of carbonyl (C=O) groups excluding carboxylic acids is 1. The molecule has 0 saturated carbocycles. The summed E-state index contributed by atoms with van der Waals surface area (Å²) in [6, 6.07) is 13.1. The van der Waals surface area contributed by atoms with Crippen molar-refractivity contribution in [2.24, 2.45) is 7.05 Å². The number of benzene rings is 2. The summed E-state index contributed by atoms with van der Waals surface area (Å²) >= 11 is 5.87. The monoisotopic (exact) mass is 353 g/mol. The molecule has 5 heteroatoms. The van der Waals surface area contributed by atoms with E-state index in [0.717, 1.165) is 11.3 Å². The topological polar surface area (TPSA) is 46.9 Å². The van der Waals surface area contributed by atoms with Gasteiger partial charge < -0.3 is 5.32 Å². The third-order valence-electron chi connectivity index (χ3n) is 4.15. The predicted molar refractivity (Wildman–Crippen MR) is 102 cm³/mol. The number of carbonyl (C=O) groups is 1. The van der Waals surface area contributed by atoms with E-state index in [1.54, 1.807) is 28.9 Å². The fourth-order valence-electron chi connectivity index (χ4n) is 3.12. The van der Waals surface area contributed by atoms with E-state index in [4.69, 9.17) is 11.6 Å². The highest BCUT2D eigenvalue weighted by Crippen LogP contribution is 2.29. The van der Waals surface area contributed by atoms with Crippen LogP contribution in [0.25, 0.3) is 11.3 Å². The van der Waals surface area contributed by atoms with Gasteiger partial charge in [0.05, 0.1) is 5.69 Å². The van der Waals surface area contributed by atoms with Crippen LogP contribution >= 0.6 is 11.6 Å². The van der Waals surface area contributed by atoms with Gasteiger partial charge in [0.2, 0.25) is 0 Å². The van der Waals surface area contributed by atoms with Gasteiger partial charge in [-0.1, -0.05) is 29.3 Å². The maximum atomic E-state index is 12.5. The fraction of sp³-hybridized carbons (Fsp3) is 0.200. The van der Waals surface area contributed by atoms with E-state index in [-0.39, 0.29) is 5.91 Å². The molecule has 0 bridgehead atoms. The van der Waals surface area contributed by atoms with E-state index >= 15 is 0 Å². The molecule has 1 N–H and O–H groups in total. The minimum atomic E-state index is -0.244. The molecule has 25 heavy (non-hydrogen) atoms. The van der Waals surface area contributed by atoms with Gasteiger partial charge in [0.1, 0.15) is 0 Å². The number of amides is 1. The Morgan fingerprint density at radius 1 is 1.04 bits per heavy atom. The Labute approximate surface area is 152 Å². The molecule has 3 aromatic rings. The van der Waals surface area contributed by atoms with Crippen LogP contribution in [0, 0.1) is 20.8 Å². The summed E-state index contributed by atoms with van der Waals surface area (Å²) in [5.41, 5.74) is 6.68. The smallest absolute Gasteiger partial charge is 0.276 e. The van der Waals surface area contributed by atoms with Crippen molar-refractivity contribution in [1.82, 2.24) is 9.78 Å². The molecule has 128 valence electrons. The number of rotatable bonds is 3. The van der Waals surface area contributed by atoms with Crippen LogP contribution in [0.4, 0.5) is 5.69 Å². The fourth-order valence-corrected chi connectivity index (χ4v) is 3.25. The number of hydrogen-bond acceptors (Lipinski definition) is 2. The molecule has 0 radical (unpaired) electrons. The third kappa shape index (κ3) is 3.59. The number of nitrogens with zero attached hydrogens (tertiary/aromatic N) is 2. The number of aromatic nitrogens is 2. The van der Waals surface area contributed by atoms with Gasteiger partial charge in [-0.25, -0.2) is 0 Å². The summed E-state index contributed by atoms with van der Waals surface area (Å²) in [5, 5.41) is 7.85. The first-order valence-electron chi connectivity index (χ1n) is 8.04. The zero-order valence-corrected chi connectivity index (χ0v) is 15.5. The molecule has 0 unspecified atom stereocenters. The van der Waals surface area contributed by atoms with Gasteiger partial charge in [0, 0.05) is 23.3 Å². The van der Waals surface area contributed by atoms with Crippen LogP contribution in [0.2, 0.25) is 5.02 Å². The molecule has 4 nitrogen and oxygen atoms in total. The van der Waals surface area contributed by atoms with Crippen molar-refractivity contribution in [2.75, 3.05) is 5.32 Å². The highest BCUT2D eigenvalue weighted by Gasteiger charge is 2.17. The van der Waals surface area contributed by atoms with Crippen molar-refractivity contribution < 1.29 is 4.79 Å². The number of nitrogens with one attached hydrogen (secondary N) is 1. The van der Waals surface area contributed by atoms with Crippen molar-refractivity contribution in [3.8, 4) is 11.3 Å². The second-order valence-electron chi connectivity index (χ2n) is 6.27. The Bertz CT molecular complexity index is 919. The summed E-state index contributed by atoms with van der Waals surface area (Å²) in [5.74, 6) is -0.244. The SMILES string of the molecule is Cc1cc(C)c(-c2cc(C(=O)Nc3ccc(Cl)cc3)nn2C)c(C)c1. The predicted octanol–water partition coefficient (Wildman–Crippen LogP) is 4.92. The zero-order chi connectivity index (χ0) is 18.1.